The Balaban J connectivity index is -0.000000605. The van der Waals surface area contributed by atoms with Gasteiger partial charge in [0, 0.05) is 17.4 Å². The third-order valence-corrected chi connectivity index (χ3v) is 2.27. The Morgan fingerprint density at radius 3 is 1.50 bits per heavy atom. The van der Waals surface area contributed by atoms with Gasteiger partial charge in [0.15, 0.2) is 0 Å². The van der Waals surface area contributed by atoms with E-state index in [9.17, 15) is 19.8 Å². The monoisotopic (exact) mass is 218 g/mol. The summed E-state index contributed by atoms with van der Waals surface area (Å²) in [6.45, 7) is 3.25. The molecule has 4 nitrogen and oxygen atoms in total. The Labute approximate surface area is 128 Å². The first-order chi connectivity index (χ1) is 5.48. The fraction of sp³-hybridized carbons (Fsp3) is 0.750. The first-order valence-corrected chi connectivity index (χ1v) is 3.89. The molecule has 0 fully saturated rings. The number of hydrogen-bond donors (Lipinski definition) is 0. The predicted molar refractivity (Wildman–Crippen MR) is 37.6 cm³/mol. The van der Waals surface area contributed by atoms with Crippen molar-refractivity contribution in [1.29, 1.82) is 0 Å². The Morgan fingerprint density at radius 2 is 1.43 bits per heavy atom. The van der Waals surface area contributed by atoms with Crippen molar-refractivity contribution < 1.29 is 78.9 Å². The molecule has 70 valence electrons. The number of carboxylic acid groups (broad SMARTS) is 2. The predicted octanol–water partition coefficient (Wildman–Crippen LogP) is -7.31. The molecule has 0 aromatic heterocycles. The average molecular weight is 218 g/mol. The van der Waals surface area contributed by atoms with Gasteiger partial charge in [-0.05, 0) is 19.3 Å². The molecule has 0 rings (SSSR count). The molecule has 0 saturated carbocycles. The number of rotatable bonds is 5. The van der Waals surface area contributed by atoms with Gasteiger partial charge in [0.1, 0.15) is 0 Å². The minimum Gasteiger partial charge on any atom is -0.550 e. The molecule has 0 aromatic rings. The summed E-state index contributed by atoms with van der Waals surface area (Å²) in [6, 6.07) is 0. The number of hydrogen-bond acceptors (Lipinski definition) is 4. The molecule has 0 bridgehead atoms. The number of aliphatic carboxylic acids is 2. The van der Waals surface area contributed by atoms with E-state index in [1.54, 1.807) is 13.8 Å². The van der Waals surface area contributed by atoms with Gasteiger partial charge in [0.05, 0.1) is 0 Å². The zero-order chi connectivity index (χ0) is 9.78. The van der Waals surface area contributed by atoms with Crippen LogP contribution in [0.1, 0.15) is 33.1 Å². The molecule has 0 aromatic carbocycles. The van der Waals surface area contributed by atoms with Crippen molar-refractivity contribution in [2.75, 3.05) is 0 Å². The maximum absolute atomic E-state index is 10.6. The molecule has 0 saturated heterocycles. The normalized spacial score (nSPS) is 9.57. The minimum absolute atomic E-state index is 0. The van der Waals surface area contributed by atoms with Crippen molar-refractivity contribution in [2.45, 2.75) is 33.1 Å². The van der Waals surface area contributed by atoms with Gasteiger partial charge in [-0.25, -0.2) is 0 Å². The molecular weight excluding hydrogens is 206 g/mol. The number of carbonyl (C=O) groups is 2. The van der Waals surface area contributed by atoms with E-state index in [1.165, 1.54) is 0 Å². The van der Waals surface area contributed by atoms with Crippen LogP contribution in [-0.4, -0.2) is 11.9 Å². The average Bonchev–Trinajstić information content (AvgIpc) is 1.99. The molecular formula is C8H12Na2O4. The van der Waals surface area contributed by atoms with Crippen LogP contribution in [0.4, 0.5) is 0 Å². The van der Waals surface area contributed by atoms with Gasteiger partial charge in [0.2, 0.25) is 0 Å². The van der Waals surface area contributed by atoms with Crippen LogP contribution >= 0.6 is 0 Å². The smallest absolute Gasteiger partial charge is 0.550 e. The second kappa shape index (κ2) is 9.19. The van der Waals surface area contributed by atoms with Crippen LogP contribution in [0.25, 0.3) is 0 Å². The van der Waals surface area contributed by atoms with E-state index in [4.69, 9.17) is 0 Å². The van der Waals surface area contributed by atoms with E-state index >= 15 is 0 Å². The van der Waals surface area contributed by atoms with Crippen LogP contribution < -0.4 is 69.3 Å². The molecule has 0 aliphatic heterocycles. The molecule has 0 spiro atoms. The first kappa shape index (κ1) is 20.4. The van der Waals surface area contributed by atoms with Crippen molar-refractivity contribution >= 4 is 11.9 Å². The summed E-state index contributed by atoms with van der Waals surface area (Å²) in [4.78, 5) is 20.9. The SMILES string of the molecule is CCC(CC)(CC(=O)[O-])C(=O)[O-].[Na+].[Na+]. The van der Waals surface area contributed by atoms with Crippen molar-refractivity contribution in [1.82, 2.24) is 0 Å². The molecule has 0 N–H and O–H groups in total. The van der Waals surface area contributed by atoms with Crippen molar-refractivity contribution in [3.05, 3.63) is 0 Å². The van der Waals surface area contributed by atoms with E-state index in [-0.39, 0.29) is 72.0 Å². The van der Waals surface area contributed by atoms with E-state index in [0.717, 1.165) is 0 Å². The Hall–Kier alpha value is 0.940. The van der Waals surface area contributed by atoms with Crippen molar-refractivity contribution in [2.24, 2.45) is 5.41 Å². The van der Waals surface area contributed by atoms with E-state index in [0.29, 0.717) is 0 Å². The summed E-state index contributed by atoms with van der Waals surface area (Å²) in [5.41, 5.74) is -1.25. The number of carboxylic acids is 2. The van der Waals surface area contributed by atoms with E-state index < -0.39 is 23.8 Å². The number of carbonyl (C=O) groups excluding carboxylic acids is 2. The van der Waals surface area contributed by atoms with Crippen LogP contribution in [0.3, 0.4) is 0 Å². The molecule has 0 aliphatic carbocycles. The standard InChI is InChI=1S/C8H14O4.2Na/c1-3-8(4-2,7(11)12)5-6(9)10;;/h3-5H2,1-2H3,(H,9,10)(H,11,12);;/q;2*+1/p-2. The minimum atomic E-state index is -1.34. The van der Waals surface area contributed by atoms with Crippen LogP contribution in [0.2, 0.25) is 0 Å². The topological polar surface area (TPSA) is 80.3 Å². The van der Waals surface area contributed by atoms with E-state index in [1.807, 2.05) is 0 Å². The third kappa shape index (κ3) is 5.73. The molecule has 0 unspecified atom stereocenters. The van der Waals surface area contributed by atoms with Gasteiger partial charge in [0.25, 0.3) is 0 Å². The largest absolute Gasteiger partial charge is 1.00 e. The summed E-state index contributed by atoms with van der Waals surface area (Å²) < 4.78 is 0. The maximum atomic E-state index is 10.6. The van der Waals surface area contributed by atoms with Crippen LogP contribution in [0.5, 0.6) is 0 Å². The molecule has 14 heavy (non-hydrogen) atoms. The molecule has 0 heterocycles. The van der Waals surface area contributed by atoms with Crippen LogP contribution in [-0.2, 0) is 9.59 Å². The molecule has 6 heteroatoms. The van der Waals surface area contributed by atoms with Gasteiger partial charge in [-0.1, -0.05) is 13.8 Å². The quantitative estimate of drug-likeness (QED) is 0.429. The van der Waals surface area contributed by atoms with Gasteiger partial charge in [-0.3, -0.25) is 0 Å². The zero-order valence-corrected chi connectivity index (χ0v) is 13.3. The zero-order valence-electron chi connectivity index (χ0n) is 9.25. The van der Waals surface area contributed by atoms with E-state index in [2.05, 4.69) is 0 Å². The molecule has 0 atom stereocenters. The second-order valence-electron chi connectivity index (χ2n) is 2.82. The fourth-order valence-corrected chi connectivity index (χ4v) is 1.14. The van der Waals surface area contributed by atoms with Crippen LogP contribution in [0, 0.1) is 5.41 Å². The Kier molecular flexibility index (Phi) is 13.4. The first-order valence-electron chi connectivity index (χ1n) is 3.89. The maximum Gasteiger partial charge on any atom is 1.00 e. The van der Waals surface area contributed by atoms with Gasteiger partial charge < -0.3 is 19.8 Å². The third-order valence-electron chi connectivity index (χ3n) is 2.27. The second-order valence-corrected chi connectivity index (χ2v) is 2.82. The summed E-state index contributed by atoms with van der Waals surface area (Å²) in [6.07, 6.45) is 0.0297. The van der Waals surface area contributed by atoms with Gasteiger partial charge in [-0.2, -0.15) is 0 Å². The summed E-state index contributed by atoms with van der Waals surface area (Å²) in [5.74, 6) is -2.65. The van der Waals surface area contributed by atoms with Crippen molar-refractivity contribution in [3.8, 4) is 0 Å². The fourth-order valence-electron chi connectivity index (χ4n) is 1.14. The van der Waals surface area contributed by atoms with Gasteiger partial charge in [-0.15, -0.1) is 0 Å². The Morgan fingerprint density at radius 1 is 1.07 bits per heavy atom. The summed E-state index contributed by atoms with van der Waals surface area (Å²) in [5, 5.41) is 20.9. The summed E-state index contributed by atoms with van der Waals surface area (Å²) >= 11 is 0. The Bertz CT molecular complexity index is 190. The summed E-state index contributed by atoms with van der Waals surface area (Å²) in [7, 11) is 0. The van der Waals surface area contributed by atoms with Gasteiger partial charge >= 0.3 is 59.1 Å². The molecule has 0 radical (unpaired) electrons. The molecule has 0 aliphatic rings. The molecule has 0 amide bonds. The van der Waals surface area contributed by atoms with Crippen molar-refractivity contribution in [3.63, 3.8) is 0 Å². The van der Waals surface area contributed by atoms with Crippen LogP contribution in [0.15, 0.2) is 0 Å².